The molecule has 0 radical (unpaired) electrons. The molecule has 2 N–H and O–H groups in total. The summed E-state index contributed by atoms with van der Waals surface area (Å²) in [5.41, 5.74) is 2.01. The summed E-state index contributed by atoms with van der Waals surface area (Å²) >= 11 is 5.01. The quantitative estimate of drug-likeness (QED) is 0.886. The molecular weight excluding hydrogens is 312 g/mol. The van der Waals surface area contributed by atoms with E-state index in [2.05, 4.69) is 31.9 Å². The van der Waals surface area contributed by atoms with E-state index in [0.29, 0.717) is 6.54 Å². The second-order valence-electron chi connectivity index (χ2n) is 3.79. The average Bonchev–Trinajstić information content (AvgIpc) is 2.85. The van der Waals surface area contributed by atoms with Gasteiger partial charge in [0.25, 0.3) is 0 Å². The van der Waals surface area contributed by atoms with Crippen LogP contribution in [0.3, 0.4) is 0 Å². The topological polar surface area (TPSA) is 41.1 Å². The van der Waals surface area contributed by atoms with Gasteiger partial charge in [0, 0.05) is 16.7 Å². The summed E-state index contributed by atoms with van der Waals surface area (Å²) in [6.07, 6.45) is 0. The first kappa shape index (κ1) is 13.3. The molecule has 1 amide bonds. The Morgan fingerprint density at radius 3 is 2.67 bits per heavy atom. The van der Waals surface area contributed by atoms with Crippen molar-refractivity contribution in [1.29, 1.82) is 0 Å². The molecule has 0 saturated heterocycles. The van der Waals surface area contributed by atoms with Crippen LogP contribution in [0.25, 0.3) is 0 Å². The van der Waals surface area contributed by atoms with Gasteiger partial charge >= 0.3 is 0 Å². The first-order valence-corrected chi connectivity index (χ1v) is 7.25. The molecule has 1 heterocycles. The summed E-state index contributed by atoms with van der Waals surface area (Å²) in [6.45, 7) is 1.03. The fourth-order valence-electron chi connectivity index (χ4n) is 1.45. The number of hydrogen-bond donors (Lipinski definition) is 2. The molecule has 1 aromatic heterocycles. The lowest BCUT2D eigenvalue weighted by atomic mass is 10.3. The van der Waals surface area contributed by atoms with Crippen LogP contribution in [0.4, 0.5) is 5.69 Å². The van der Waals surface area contributed by atoms with Gasteiger partial charge < -0.3 is 10.6 Å². The minimum Gasteiger partial charge on any atom is -0.325 e. The van der Waals surface area contributed by atoms with Gasteiger partial charge in [0.2, 0.25) is 5.91 Å². The Labute approximate surface area is 118 Å². The predicted octanol–water partition coefficient (Wildman–Crippen LogP) is 3.24. The number of carbonyl (C=O) groups is 1. The van der Waals surface area contributed by atoms with Crippen molar-refractivity contribution in [3.8, 4) is 0 Å². The number of amides is 1. The van der Waals surface area contributed by atoms with Crippen LogP contribution in [-0.2, 0) is 11.3 Å². The molecule has 0 spiro atoms. The number of halogens is 1. The number of hydrogen-bond acceptors (Lipinski definition) is 3. The summed E-state index contributed by atoms with van der Waals surface area (Å²) < 4.78 is 0.996. The van der Waals surface area contributed by atoms with Crippen molar-refractivity contribution in [2.45, 2.75) is 6.54 Å². The highest BCUT2D eigenvalue weighted by molar-refractivity contribution is 9.10. The summed E-state index contributed by atoms with van der Waals surface area (Å²) in [5, 5.41) is 10.0. The van der Waals surface area contributed by atoms with Gasteiger partial charge in [-0.2, -0.15) is 11.3 Å². The minimum atomic E-state index is -0.0347. The standard InChI is InChI=1S/C13H13BrN2OS/c14-11-1-3-12(4-2-11)16-13(17)8-15-7-10-5-6-18-9-10/h1-6,9,15H,7-8H2,(H,16,17). The molecule has 2 aromatic rings. The molecule has 18 heavy (non-hydrogen) atoms. The smallest absolute Gasteiger partial charge is 0.238 e. The number of rotatable bonds is 5. The number of anilines is 1. The monoisotopic (exact) mass is 324 g/mol. The maximum absolute atomic E-state index is 11.6. The molecular formula is C13H13BrN2OS. The Morgan fingerprint density at radius 1 is 1.22 bits per heavy atom. The fourth-order valence-corrected chi connectivity index (χ4v) is 2.38. The van der Waals surface area contributed by atoms with E-state index >= 15 is 0 Å². The Bertz CT molecular complexity index is 496. The molecule has 0 unspecified atom stereocenters. The van der Waals surface area contributed by atoms with Crippen molar-refractivity contribution in [2.75, 3.05) is 11.9 Å². The first-order chi connectivity index (χ1) is 8.74. The first-order valence-electron chi connectivity index (χ1n) is 5.51. The van der Waals surface area contributed by atoms with Gasteiger partial charge in [-0.1, -0.05) is 15.9 Å². The zero-order valence-electron chi connectivity index (χ0n) is 9.65. The van der Waals surface area contributed by atoms with Crippen LogP contribution in [0, 0.1) is 0 Å². The normalized spacial score (nSPS) is 10.3. The number of benzene rings is 1. The summed E-state index contributed by atoms with van der Waals surface area (Å²) in [4.78, 5) is 11.6. The highest BCUT2D eigenvalue weighted by Gasteiger charge is 2.01. The summed E-state index contributed by atoms with van der Waals surface area (Å²) in [7, 11) is 0. The van der Waals surface area contributed by atoms with Gasteiger partial charge in [0.15, 0.2) is 0 Å². The van der Waals surface area contributed by atoms with Crippen molar-refractivity contribution in [3.63, 3.8) is 0 Å². The van der Waals surface area contributed by atoms with E-state index in [4.69, 9.17) is 0 Å². The second-order valence-corrected chi connectivity index (χ2v) is 5.49. The van der Waals surface area contributed by atoms with Crippen molar-refractivity contribution in [2.24, 2.45) is 0 Å². The summed E-state index contributed by atoms with van der Waals surface area (Å²) in [5.74, 6) is -0.0347. The molecule has 1 aromatic carbocycles. The van der Waals surface area contributed by atoms with Crippen molar-refractivity contribution < 1.29 is 4.79 Å². The Morgan fingerprint density at radius 2 is 2.00 bits per heavy atom. The Hall–Kier alpha value is -1.17. The van der Waals surface area contributed by atoms with E-state index in [1.165, 1.54) is 5.56 Å². The van der Waals surface area contributed by atoms with Crippen LogP contribution in [0.1, 0.15) is 5.56 Å². The minimum absolute atomic E-state index is 0.0347. The molecule has 0 aliphatic carbocycles. The predicted molar refractivity (Wildman–Crippen MR) is 78.8 cm³/mol. The van der Waals surface area contributed by atoms with Gasteiger partial charge in [0.1, 0.15) is 0 Å². The lowest BCUT2D eigenvalue weighted by Gasteiger charge is -2.06. The maximum Gasteiger partial charge on any atom is 0.238 e. The lowest BCUT2D eigenvalue weighted by molar-refractivity contribution is -0.115. The Kier molecular flexibility index (Phi) is 4.92. The molecule has 2 rings (SSSR count). The van der Waals surface area contributed by atoms with Crippen LogP contribution in [0.2, 0.25) is 0 Å². The van der Waals surface area contributed by atoms with Gasteiger partial charge in [0.05, 0.1) is 6.54 Å². The van der Waals surface area contributed by atoms with Crippen LogP contribution in [0.15, 0.2) is 45.6 Å². The maximum atomic E-state index is 11.6. The average molecular weight is 325 g/mol. The number of carbonyl (C=O) groups excluding carboxylic acids is 1. The molecule has 0 atom stereocenters. The van der Waals surface area contributed by atoms with Gasteiger partial charge in [-0.05, 0) is 46.7 Å². The third kappa shape index (κ3) is 4.25. The van der Waals surface area contributed by atoms with Crippen LogP contribution in [0.5, 0.6) is 0 Å². The number of nitrogens with one attached hydrogen (secondary N) is 2. The van der Waals surface area contributed by atoms with Crippen LogP contribution >= 0.6 is 27.3 Å². The lowest BCUT2D eigenvalue weighted by Crippen LogP contribution is -2.27. The van der Waals surface area contributed by atoms with Crippen molar-refractivity contribution in [3.05, 3.63) is 51.1 Å². The molecule has 0 aliphatic heterocycles. The van der Waals surface area contributed by atoms with E-state index < -0.39 is 0 Å². The number of thiophene rings is 1. The molecule has 5 heteroatoms. The molecule has 3 nitrogen and oxygen atoms in total. The fraction of sp³-hybridized carbons (Fsp3) is 0.154. The van der Waals surface area contributed by atoms with E-state index in [9.17, 15) is 4.79 Å². The largest absolute Gasteiger partial charge is 0.325 e. The highest BCUT2D eigenvalue weighted by Crippen LogP contribution is 2.13. The van der Waals surface area contributed by atoms with E-state index in [1.807, 2.05) is 35.7 Å². The van der Waals surface area contributed by atoms with Gasteiger partial charge in [-0.3, -0.25) is 4.79 Å². The van der Waals surface area contributed by atoms with Crippen molar-refractivity contribution in [1.82, 2.24) is 5.32 Å². The third-order valence-electron chi connectivity index (χ3n) is 2.32. The Balaban J connectivity index is 1.73. The third-order valence-corrected chi connectivity index (χ3v) is 3.58. The van der Waals surface area contributed by atoms with Crippen LogP contribution < -0.4 is 10.6 Å². The summed E-state index contributed by atoms with van der Waals surface area (Å²) in [6, 6.07) is 9.56. The highest BCUT2D eigenvalue weighted by atomic mass is 79.9. The van der Waals surface area contributed by atoms with E-state index in [1.54, 1.807) is 11.3 Å². The molecule has 0 bridgehead atoms. The molecule has 94 valence electrons. The second kappa shape index (κ2) is 6.68. The molecule has 0 fully saturated rings. The van der Waals surface area contributed by atoms with E-state index in [-0.39, 0.29) is 5.91 Å². The molecule has 0 aliphatic rings. The van der Waals surface area contributed by atoms with E-state index in [0.717, 1.165) is 16.7 Å². The SMILES string of the molecule is O=C(CNCc1ccsc1)Nc1ccc(Br)cc1. The zero-order chi connectivity index (χ0) is 12.8. The van der Waals surface area contributed by atoms with Gasteiger partial charge in [-0.25, -0.2) is 0 Å². The van der Waals surface area contributed by atoms with Crippen molar-refractivity contribution >= 4 is 38.9 Å². The van der Waals surface area contributed by atoms with Crippen LogP contribution in [-0.4, -0.2) is 12.5 Å². The molecule has 0 saturated carbocycles. The van der Waals surface area contributed by atoms with Gasteiger partial charge in [-0.15, -0.1) is 0 Å². The zero-order valence-corrected chi connectivity index (χ0v) is 12.1.